The van der Waals surface area contributed by atoms with Gasteiger partial charge >= 0.3 is 0 Å². The first-order valence-electron chi connectivity index (χ1n) is 7.33. The Balaban J connectivity index is 2.19. The molecule has 0 bridgehead atoms. The molecule has 2 aromatic rings. The smallest absolute Gasteiger partial charge is 0.272 e. The fraction of sp³-hybridized carbons (Fsp3) is 0.412. The van der Waals surface area contributed by atoms with Gasteiger partial charge in [-0.05, 0) is 42.7 Å². The molecule has 0 radical (unpaired) electrons. The summed E-state index contributed by atoms with van der Waals surface area (Å²) >= 11 is 0. The molecule has 2 aromatic heterocycles. The van der Waals surface area contributed by atoms with E-state index in [1.54, 1.807) is 6.20 Å². The Kier molecular flexibility index (Phi) is 5.41. The maximum Gasteiger partial charge on any atom is 0.272 e. The summed E-state index contributed by atoms with van der Waals surface area (Å²) in [7, 11) is 0. The van der Waals surface area contributed by atoms with E-state index in [1.807, 2.05) is 25.3 Å². The molecule has 118 valence electrons. The zero-order chi connectivity index (χ0) is 16.1. The molecule has 22 heavy (non-hydrogen) atoms. The maximum atomic E-state index is 12.2. The number of rotatable bonds is 6. The standard InChI is InChI=1S/C17H20F2N2O/c1-4-15-8-13(5-6-20-15)12(3)14-7-11(2)17(21-9-14)22-10-16(18)19/h5-9,12,16H,4,10H2,1-3H3. The van der Waals surface area contributed by atoms with Crippen LogP contribution >= 0.6 is 0 Å². The van der Waals surface area contributed by atoms with Gasteiger partial charge in [0.05, 0.1) is 0 Å². The minimum Gasteiger partial charge on any atom is -0.471 e. The van der Waals surface area contributed by atoms with E-state index in [1.165, 1.54) is 0 Å². The van der Waals surface area contributed by atoms with Crippen molar-refractivity contribution in [3.8, 4) is 5.88 Å². The van der Waals surface area contributed by atoms with E-state index in [0.29, 0.717) is 0 Å². The molecule has 0 N–H and O–H groups in total. The van der Waals surface area contributed by atoms with Gasteiger partial charge in [-0.3, -0.25) is 4.98 Å². The monoisotopic (exact) mass is 306 g/mol. The van der Waals surface area contributed by atoms with Gasteiger partial charge in [0, 0.05) is 29.6 Å². The van der Waals surface area contributed by atoms with Gasteiger partial charge in [-0.1, -0.05) is 13.8 Å². The van der Waals surface area contributed by atoms with Crippen molar-refractivity contribution < 1.29 is 13.5 Å². The number of hydrogen-bond acceptors (Lipinski definition) is 3. The predicted molar refractivity (Wildman–Crippen MR) is 81.6 cm³/mol. The minimum atomic E-state index is -2.50. The molecule has 5 heteroatoms. The first-order chi connectivity index (χ1) is 10.5. The van der Waals surface area contributed by atoms with Gasteiger partial charge in [0.25, 0.3) is 6.43 Å². The third-order valence-corrected chi connectivity index (χ3v) is 3.60. The molecule has 0 aliphatic heterocycles. The highest BCUT2D eigenvalue weighted by Crippen LogP contribution is 2.27. The summed E-state index contributed by atoms with van der Waals surface area (Å²) < 4.78 is 29.4. The average molecular weight is 306 g/mol. The van der Waals surface area contributed by atoms with Crippen molar-refractivity contribution in [2.75, 3.05) is 6.61 Å². The van der Waals surface area contributed by atoms with Crippen molar-refractivity contribution in [3.63, 3.8) is 0 Å². The van der Waals surface area contributed by atoms with E-state index in [0.717, 1.165) is 28.8 Å². The van der Waals surface area contributed by atoms with E-state index < -0.39 is 13.0 Å². The van der Waals surface area contributed by atoms with Crippen LogP contribution < -0.4 is 4.74 Å². The Bertz CT molecular complexity index is 632. The number of aryl methyl sites for hydroxylation is 2. The van der Waals surface area contributed by atoms with E-state index in [-0.39, 0.29) is 11.8 Å². The molecular formula is C17H20F2N2O. The molecule has 0 aliphatic carbocycles. The summed E-state index contributed by atoms with van der Waals surface area (Å²) in [4.78, 5) is 8.47. The highest BCUT2D eigenvalue weighted by Gasteiger charge is 2.13. The van der Waals surface area contributed by atoms with Crippen molar-refractivity contribution in [2.45, 2.75) is 39.5 Å². The van der Waals surface area contributed by atoms with Crippen LogP contribution in [0.2, 0.25) is 0 Å². The molecule has 1 atom stereocenters. The number of hydrogen-bond donors (Lipinski definition) is 0. The van der Waals surface area contributed by atoms with E-state index >= 15 is 0 Å². The summed E-state index contributed by atoms with van der Waals surface area (Å²) in [6.45, 7) is 5.34. The summed E-state index contributed by atoms with van der Waals surface area (Å²) in [5, 5.41) is 0. The highest BCUT2D eigenvalue weighted by molar-refractivity contribution is 5.36. The molecule has 0 saturated heterocycles. The second kappa shape index (κ2) is 7.29. The number of alkyl halides is 2. The normalized spacial score (nSPS) is 12.5. The number of halogens is 2. The first kappa shape index (κ1) is 16.3. The van der Waals surface area contributed by atoms with Crippen molar-refractivity contribution >= 4 is 0 Å². The van der Waals surface area contributed by atoms with Gasteiger partial charge in [0.1, 0.15) is 0 Å². The number of pyridine rings is 2. The summed E-state index contributed by atoms with van der Waals surface area (Å²) in [5.74, 6) is 0.420. The van der Waals surface area contributed by atoms with Crippen LogP contribution in [0, 0.1) is 6.92 Å². The molecule has 2 heterocycles. The van der Waals surface area contributed by atoms with E-state index in [4.69, 9.17) is 4.74 Å². The predicted octanol–water partition coefficient (Wildman–Crippen LogP) is 4.14. The van der Waals surface area contributed by atoms with Gasteiger partial charge in [-0.2, -0.15) is 0 Å². The molecule has 0 aliphatic rings. The molecule has 1 unspecified atom stereocenters. The van der Waals surface area contributed by atoms with Crippen LogP contribution in [0.5, 0.6) is 5.88 Å². The Morgan fingerprint density at radius 2 is 1.95 bits per heavy atom. The lowest BCUT2D eigenvalue weighted by molar-refractivity contribution is 0.0792. The van der Waals surface area contributed by atoms with Crippen LogP contribution in [0.4, 0.5) is 8.78 Å². The number of ether oxygens (including phenoxy) is 1. The van der Waals surface area contributed by atoms with Crippen molar-refractivity contribution in [1.82, 2.24) is 9.97 Å². The lowest BCUT2D eigenvalue weighted by Gasteiger charge is -2.15. The molecule has 2 rings (SSSR count). The first-order valence-corrected chi connectivity index (χ1v) is 7.33. The van der Waals surface area contributed by atoms with Crippen molar-refractivity contribution in [2.24, 2.45) is 0 Å². The molecule has 3 nitrogen and oxygen atoms in total. The SMILES string of the molecule is CCc1cc(C(C)c2cnc(OCC(F)F)c(C)c2)ccn1. The van der Waals surface area contributed by atoms with Gasteiger partial charge in [0.15, 0.2) is 6.61 Å². The van der Waals surface area contributed by atoms with Crippen molar-refractivity contribution in [1.29, 1.82) is 0 Å². The lowest BCUT2D eigenvalue weighted by Crippen LogP contribution is -2.09. The average Bonchev–Trinajstić information content (AvgIpc) is 2.52. The fourth-order valence-electron chi connectivity index (χ4n) is 2.27. The number of aromatic nitrogens is 2. The third kappa shape index (κ3) is 4.00. The number of nitrogens with zero attached hydrogens (tertiary/aromatic N) is 2. The summed E-state index contributed by atoms with van der Waals surface area (Å²) in [6, 6.07) is 6.01. The lowest BCUT2D eigenvalue weighted by atomic mass is 9.93. The quantitative estimate of drug-likeness (QED) is 0.804. The summed E-state index contributed by atoms with van der Waals surface area (Å²) in [5.41, 5.74) is 3.99. The van der Waals surface area contributed by atoms with Crippen molar-refractivity contribution in [3.05, 3.63) is 53.0 Å². The zero-order valence-corrected chi connectivity index (χ0v) is 13.0. The third-order valence-electron chi connectivity index (χ3n) is 3.60. The minimum absolute atomic E-state index is 0.156. The van der Waals surface area contributed by atoms with Crippen LogP contribution in [0.15, 0.2) is 30.6 Å². The second-order valence-corrected chi connectivity index (χ2v) is 5.25. The van der Waals surface area contributed by atoms with E-state index in [9.17, 15) is 8.78 Å². The molecule has 0 saturated carbocycles. The molecule has 0 aromatic carbocycles. The molecule has 0 spiro atoms. The van der Waals surface area contributed by atoms with Gasteiger partial charge in [0.2, 0.25) is 5.88 Å². The van der Waals surface area contributed by atoms with Gasteiger partial charge in [-0.25, -0.2) is 13.8 Å². The second-order valence-electron chi connectivity index (χ2n) is 5.25. The molecule has 0 fully saturated rings. The Labute approximate surface area is 129 Å². The fourth-order valence-corrected chi connectivity index (χ4v) is 2.27. The van der Waals surface area contributed by atoms with Gasteiger partial charge < -0.3 is 4.74 Å². The Hall–Kier alpha value is -2.04. The van der Waals surface area contributed by atoms with Crippen LogP contribution in [0.1, 0.15) is 42.1 Å². The van der Waals surface area contributed by atoms with Crippen LogP contribution in [0.25, 0.3) is 0 Å². The van der Waals surface area contributed by atoms with Gasteiger partial charge in [-0.15, -0.1) is 0 Å². The molecular weight excluding hydrogens is 286 g/mol. The Morgan fingerprint density at radius 3 is 2.59 bits per heavy atom. The van der Waals surface area contributed by atoms with Crippen LogP contribution in [-0.2, 0) is 6.42 Å². The maximum absolute atomic E-state index is 12.2. The van der Waals surface area contributed by atoms with Crippen LogP contribution in [0.3, 0.4) is 0 Å². The molecule has 0 amide bonds. The largest absolute Gasteiger partial charge is 0.471 e. The Morgan fingerprint density at radius 1 is 1.18 bits per heavy atom. The van der Waals surface area contributed by atoms with Crippen LogP contribution in [-0.4, -0.2) is 23.0 Å². The summed E-state index contributed by atoms with van der Waals surface area (Å²) in [6.07, 6.45) is 1.89. The van der Waals surface area contributed by atoms with E-state index in [2.05, 4.69) is 29.9 Å². The zero-order valence-electron chi connectivity index (χ0n) is 13.0. The highest BCUT2D eigenvalue weighted by atomic mass is 19.3. The topological polar surface area (TPSA) is 35.0 Å².